The normalized spacial score (nSPS) is 14.7. The molecule has 1 aliphatic heterocycles. The molecule has 0 atom stereocenters. The van der Waals surface area contributed by atoms with Crippen molar-refractivity contribution < 1.29 is 27.5 Å². The van der Waals surface area contributed by atoms with Gasteiger partial charge in [0, 0.05) is 49.7 Å². The quantitative estimate of drug-likeness (QED) is 0.486. The Labute approximate surface area is 209 Å². The number of nitrogens with zero attached hydrogens (tertiary/aromatic N) is 6. The molecule has 0 saturated carbocycles. The lowest BCUT2D eigenvalue weighted by molar-refractivity contribution is -0.274. The average Bonchev–Trinajstić information content (AvgIpc) is 2.86. The van der Waals surface area contributed by atoms with E-state index in [2.05, 4.69) is 40.4 Å². The second-order valence-electron chi connectivity index (χ2n) is 8.27. The second-order valence-corrected chi connectivity index (χ2v) is 8.27. The summed E-state index contributed by atoms with van der Waals surface area (Å²) in [4.78, 5) is 37.1. The van der Waals surface area contributed by atoms with Gasteiger partial charge in [-0.05, 0) is 37.4 Å². The van der Waals surface area contributed by atoms with Gasteiger partial charge in [-0.25, -0.2) is 9.97 Å². The second kappa shape index (κ2) is 11.3. The summed E-state index contributed by atoms with van der Waals surface area (Å²) in [5, 5.41) is 12.9. The average molecular weight is 516 g/mol. The number of carbonyl (C=O) groups is 2. The molecular formula is C23H23F3N8O3. The number of benzene rings is 1. The van der Waals surface area contributed by atoms with Crippen LogP contribution in [0.4, 0.5) is 24.7 Å². The molecule has 37 heavy (non-hydrogen) atoms. The van der Waals surface area contributed by atoms with Crippen LogP contribution in [0.1, 0.15) is 10.4 Å². The molecule has 194 valence electrons. The molecule has 14 heteroatoms. The Morgan fingerprint density at radius 2 is 1.73 bits per heavy atom. The van der Waals surface area contributed by atoms with E-state index in [1.807, 2.05) is 11.9 Å². The highest BCUT2D eigenvalue weighted by molar-refractivity contribution is 6.05. The maximum absolute atomic E-state index is 12.9. The third-order valence-corrected chi connectivity index (χ3v) is 5.47. The fraction of sp³-hybridized carbons (Fsp3) is 0.304. The van der Waals surface area contributed by atoms with Crippen LogP contribution in [-0.2, 0) is 4.79 Å². The van der Waals surface area contributed by atoms with Gasteiger partial charge in [-0.15, -0.1) is 23.4 Å². The lowest BCUT2D eigenvalue weighted by Gasteiger charge is -2.31. The lowest BCUT2D eigenvalue weighted by atomic mass is 10.1. The summed E-state index contributed by atoms with van der Waals surface area (Å²) in [5.74, 6) is -1.72. The summed E-state index contributed by atoms with van der Waals surface area (Å²) in [6.45, 7) is 2.83. The van der Waals surface area contributed by atoms with E-state index in [1.54, 1.807) is 18.5 Å². The van der Waals surface area contributed by atoms with Crippen LogP contribution in [0, 0.1) is 0 Å². The summed E-state index contributed by atoms with van der Waals surface area (Å²) in [5.41, 5.74) is 0.809. The molecule has 1 aliphatic rings. The third kappa shape index (κ3) is 7.41. The first-order valence-corrected chi connectivity index (χ1v) is 11.2. The molecule has 2 N–H and O–H groups in total. The van der Waals surface area contributed by atoms with Crippen molar-refractivity contribution in [3.05, 3.63) is 54.6 Å². The van der Waals surface area contributed by atoms with E-state index in [0.717, 1.165) is 31.3 Å². The van der Waals surface area contributed by atoms with Crippen LogP contribution < -0.4 is 15.4 Å². The molecule has 0 bridgehead atoms. The Kier molecular flexibility index (Phi) is 7.89. The highest BCUT2D eigenvalue weighted by Crippen LogP contribution is 2.31. The number of ether oxygens (including phenoxy) is 1. The number of hydrogen-bond acceptors (Lipinski definition) is 9. The minimum Gasteiger partial charge on any atom is -0.404 e. The summed E-state index contributed by atoms with van der Waals surface area (Å²) in [7, 11) is 1.97. The first-order valence-electron chi connectivity index (χ1n) is 11.2. The largest absolute Gasteiger partial charge is 0.573 e. The number of rotatable bonds is 7. The van der Waals surface area contributed by atoms with Gasteiger partial charge in [-0.1, -0.05) is 0 Å². The fourth-order valence-corrected chi connectivity index (χ4v) is 3.55. The molecule has 0 unspecified atom stereocenters. The number of hydrogen-bond donors (Lipinski definition) is 2. The predicted molar refractivity (Wildman–Crippen MR) is 127 cm³/mol. The van der Waals surface area contributed by atoms with E-state index in [0.29, 0.717) is 24.3 Å². The first-order chi connectivity index (χ1) is 17.7. The highest BCUT2D eigenvalue weighted by Gasteiger charge is 2.32. The molecule has 11 nitrogen and oxygen atoms in total. The molecule has 0 radical (unpaired) electrons. The maximum atomic E-state index is 12.9. The summed E-state index contributed by atoms with van der Waals surface area (Å²) >= 11 is 0. The summed E-state index contributed by atoms with van der Waals surface area (Å²) < 4.78 is 42.8. The molecule has 3 heterocycles. The van der Waals surface area contributed by atoms with Gasteiger partial charge in [0.05, 0.1) is 17.9 Å². The first kappa shape index (κ1) is 25.9. The Hall–Kier alpha value is -4.17. The molecule has 1 aromatic carbocycles. The number of halogens is 3. The number of piperazine rings is 1. The van der Waals surface area contributed by atoms with Gasteiger partial charge in [0.25, 0.3) is 5.91 Å². The minimum absolute atomic E-state index is 0.00981. The number of amides is 2. The number of likely N-dealkylation sites (N-methyl/N-ethyl adjacent to an activating group) is 1. The van der Waals surface area contributed by atoms with Crippen LogP contribution in [-0.4, -0.2) is 87.9 Å². The minimum atomic E-state index is -4.98. The molecule has 2 amide bonds. The maximum Gasteiger partial charge on any atom is 0.573 e. The Balaban J connectivity index is 1.47. The number of anilines is 2. The van der Waals surface area contributed by atoms with Crippen molar-refractivity contribution in [2.24, 2.45) is 0 Å². The van der Waals surface area contributed by atoms with Crippen LogP contribution in [0.3, 0.4) is 0 Å². The van der Waals surface area contributed by atoms with Crippen LogP contribution in [0.15, 0.2) is 49.1 Å². The fourth-order valence-electron chi connectivity index (χ4n) is 3.55. The van der Waals surface area contributed by atoms with Crippen LogP contribution in [0.25, 0.3) is 11.3 Å². The number of carbonyl (C=O) groups excluding carboxylic acids is 2. The summed E-state index contributed by atoms with van der Waals surface area (Å²) in [6.07, 6.45) is -0.500. The van der Waals surface area contributed by atoms with Crippen molar-refractivity contribution >= 4 is 23.3 Å². The van der Waals surface area contributed by atoms with Gasteiger partial charge < -0.3 is 20.3 Å². The molecule has 1 fully saturated rings. The molecule has 0 aliphatic carbocycles. The zero-order valence-corrected chi connectivity index (χ0v) is 19.7. The van der Waals surface area contributed by atoms with Gasteiger partial charge in [-0.2, -0.15) is 0 Å². The van der Waals surface area contributed by atoms with Crippen molar-refractivity contribution in [2.45, 2.75) is 6.36 Å². The lowest BCUT2D eigenvalue weighted by Crippen LogP contribution is -2.47. The molecule has 1 saturated heterocycles. The highest BCUT2D eigenvalue weighted by atomic mass is 19.4. The monoisotopic (exact) mass is 516 g/mol. The van der Waals surface area contributed by atoms with Gasteiger partial charge in [-0.3, -0.25) is 14.5 Å². The zero-order chi connectivity index (χ0) is 26.4. The van der Waals surface area contributed by atoms with E-state index in [1.165, 1.54) is 12.4 Å². The Morgan fingerprint density at radius 1 is 1.00 bits per heavy atom. The SMILES string of the molecule is CN1CCN(CC(=O)Nc2cc(C(=O)Nc3ccc(-c4cncnc4)nn3)ccc2OC(F)(F)F)CC1. The van der Waals surface area contributed by atoms with Gasteiger partial charge in [0.15, 0.2) is 11.6 Å². The van der Waals surface area contributed by atoms with E-state index in [9.17, 15) is 22.8 Å². The Bertz CT molecular complexity index is 1230. The molecule has 2 aromatic heterocycles. The van der Waals surface area contributed by atoms with Crippen molar-refractivity contribution in [3.63, 3.8) is 0 Å². The van der Waals surface area contributed by atoms with Crippen LogP contribution >= 0.6 is 0 Å². The van der Waals surface area contributed by atoms with Crippen molar-refractivity contribution in [1.29, 1.82) is 0 Å². The van der Waals surface area contributed by atoms with E-state index in [-0.39, 0.29) is 23.6 Å². The molecule has 4 rings (SSSR count). The number of aromatic nitrogens is 4. The zero-order valence-electron chi connectivity index (χ0n) is 19.7. The van der Waals surface area contributed by atoms with E-state index < -0.39 is 23.9 Å². The third-order valence-electron chi connectivity index (χ3n) is 5.47. The van der Waals surface area contributed by atoms with Crippen LogP contribution in [0.2, 0.25) is 0 Å². The molecule has 3 aromatic rings. The van der Waals surface area contributed by atoms with Crippen molar-refractivity contribution in [3.8, 4) is 17.0 Å². The smallest absolute Gasteiger partial charge is 0.404 e. The van der Waals surface area contributed by atoms with E-state index >= 15 is 0 Å². The predicted octanol–water partition coefficient (Wildman–Crippen LogP) is 2.27. The number of nitrogens with one attached hydrogen (secondary N) is 2. The summed E-state index contributed by atoms with van der Waals surface area (Å²) in [6, 6.07) is 6.34. The van der Waals surface area contributed by atoms with Gasteiger partial charge >= 0.3 is 6.36 Å². The molecule has 0 spiro atoms. The van der Waals surface area contributed by atoms with Gasteiger partial charge in [0.1, 0.15) is 6.33 Å². The van der Waals surface area contributed by atoms with Crippen LogP contribution in [0.5, 0.6) is 5.75 Å². The topological polar surface area (TPSA) is 125 Å². The molecular weight excluding hydrogens is 493 g/mol. The van der Waals surface area contributed by atoms with Crippen molar-refractivity contribution in [2.75, 3.05) is 50.4 Å². The Morgan fingerprint density at radius 3 is 2.38 bits per heavy atom. The van der Waals surface area contributed by atoms with Gasteiger partial charge in [0.2, 0.25) is 5.91 Å². The van der Waals surface area contributed by atoms with E-state index in [4.69, 9.17) is 0 Å². The number of alkyl halides is 3. The van der Waals surface area contributed by atoms with Crippen molar-refractivity contribution in [1.82, 2.24) is 30.0 Å². The standard InChI is InChI=1S/C23H23F3N8O3/c1-33-6-8-34(9-7-33)13-21(35)29-18-10-15(2-4-19(18)37-23(24,25)26)22(36)30-20-5-3-17(31-32-20)16-11-27-14-28-12-16/h2-5,10-12,14H,6-9,13H2,1H3,(H,29,35)(H,30,32,36).